The number of hydrogen-bond acceptors (Lipinski definition) is 3. The Morgan fingerprint density at radius 1 is 1.03 bits per heavy atom. The molecule has 7 heteroatoms. The van der Waals surface area contributed by atoms with Crippen molar-refractivity contribution in [2.45, 2.75) is 58.7 Å². The molecule has 6 nitrogen and oxygen atoms in total. The summed E-state index contributed by atoms with van der Waals surface area (Å²) >= 11 is 0. The van der Waals surface area contributed by atoms with Crippen molar-refractivity contribution in [3.63, 3.8) is 0 Å². The van der Waals surface area contributed by atoms with E-state index in [-0.39, 0.29) is 42.5 Å². The fourth-order valence-corrected chi connectivity index (χ4v) is 4.57. The van der Waals surface area contributed by atoms with E-state index in [1.165, 1.54) is 17.0 Å². The third-order valence-corrected chi connectivity index (χ3v) is 6.86. The summed E-state index contributed by atoms with van der Waals surface area (Å²) in [4.78, 5) is 42.5. The second kappa shape index (κ2) is 10.9. The van der Waals surface area contributed by atoms with E-state index in [0.29, 0.717) is 18.5 Å². The van der Waals surface area contributed by atoms with Gasteiger partial charge in [-0.05, 0) is 61.9 Å². The summed E-state index contributed by atoms with van der Waals surface area (Å²) < 4.78 is 13.4. The van der Waals surface area contributed by atoms with Gasteiger partial charge in [-0.3, -0.25) is 14.4 Å². The van der Waals surface area contributed by atoms with Crippen LogP contribution in [-0.4, -0.2) is 41.2 Å². The van der Waals surface area contributed by atoms with Gasteiger partial charge in [-0.15, -0.1) is 0 Å². The smallest absolute Gasteiger partial charge is 0.258 e. The molecule has 1 aliphatic heterocycles. The molecule has 0 spiro atoms. The predicted molar refractivity (Wildman–Crippen MR) is 139 cm³/mol. The van der Waals surface area contributed by atoms with Gasteiger partial charge in [0.15, 0.2) is 0 Å². The van der Waals surface area contributed by atoms with Crippen molar-refractivity contribution in [1.29, 1.82) is 0 Å². The lowest BCUT2D eigenvalue weighted by molar-refractivity contribution is -0.140. The topological polar surface area (TPSA) is 69.7 Å². The molecule has 3 amide bonds. The Morgan fingerprint density at radius 3 is 2.42 bits per heavy atom. The van der Waals surface area contributed by atoms with Crippen LogP contribution in [0, 0.1) is 5.82 Å². The van der Waals surface area contributed by atoms with Crippen LogP contribution < -0.4 is 10.2 Å². The largest absolute Gasteiger partial charge is 0.352 e. The van der Waals surface area contributed by atoms with E-state index in [9.17, 15) is 18.8 Å². The number of carbonyl (C=O) groups excluding carboxylic acids is 3. The minimum Gasteiger partial charge on any atom is -0.352 e. The third-order valence-electron chi connectivity index (χ3n) is 6.86. The number of hydrogen-bond donors (Lipinski definition) is 1. The van der Waals surface area contributed by atoms with E-state index in [1.54, 1.807) is 24.0 Å². The first-order valence-electron chi connectivity index (χ1n) is 12.5. The number of amides is 3. The van der Waals surface area contributed by atoms with Crippen LogP contribution in [0.2, 0.25) is 0 Å². The number of benzene rings is 3. The van der Waals surface area contributed by atoms with E-state index in [2.05, 4.69) is 5.32 Å². The SMILES string of the molecule is CC[C@@H](C)NC(=O)[C@H](C)N(Cc1ccc(F)cc1)C(=O)CCCN1C(=O)c2cccc3cccc1c23. The molecule has 0 unspecified atom stereocenters. The van der Waals surface area contributed by atoms with Crippen molar-refractivity contribution in [2.75, 3.05) is 11.4 Å². The lowest BCUT2D eigenvalue weighted by atomic mass is 10.1. The van der Waals surface area contributed by atoms with Crippen LogP contribution in [0.1, 0.15) is 56.0 Å². The number of halogens is 1. The lowest BCUT2D eigenvalue weighted by Crippen LogP contribution is -2.49. The fraction of sp³-hybridized carbons (Fsp3) is 0.345. The maximum Gasteiger partial charge on any atom is 0.258 e. The highest BCUT2D eigenvalue weighted by atomic mass is 19.1. The minimum absolute atomic E-state index is 0.00626. The second-order valence-electron chi connectivity index (χ2n) is 9.38. The first-order chi connectivity index (χ1) is 17.3. The molecule has 0 aliphatic carbocycles. The van der Waals surface area contributed by atoms with Crippen molar-refractivity contribution in [1.82, 2.24) is 10.2 Å². The van der Waals surface area contributed by atoms with Gasteiger partial charge in [0.1, 0.15) is 11.9 Å². The molecule has 0 fully saturated rings. The molecular weight excluding hydrogens is 457 g/mol. The Kier molecular flexibility index (Phi) is 7.67. The van der Waals surface area contributed by atoms with Gasteiger partial charge in [-0.1, -0.05) is 43.3 Å². The number of anilines is 1. The van der Waals surface area contributed by atoms with Crippen LogP contribution in [0.15, 0.2) is 60.7 Å². The summed E-state index contributed by atoms with van der Waals surface area (Å²) in [5, 5.41) is 4.91. The standard InChI is InChI=1S/C29H32FN3O3/c1-4-19(2)31-28(35)20(3)33(18-21-13-15-23(30)16-14-21)26(34)12-7-17-32-25-11-6-9-22-8-5-10-24(27(22)25)29(32)36/h5-6,8-11,13-16,19-20H,4,7,12,17-18H2,1-3H3,(H,31,35)/t19-,20+/m1/s1. The van der Waals surface area contributed by atoms with E-state index in [1.807, 2.05) is 50.2 Å². The maximum absolute atomic E-state index is 13.4. The Balaban J connectivity index is 1.46. The molecule has 188 valence electrons. The average Bonchev–Trinajstić information content (AvgIpc) is 3.15. The van der Waals surface area contributed by atoms with Gasteiger partial charge < -0.3 is 15.1 Å². The van der Waals surface area contributed by atoms with Crippen LogP contribution in [0.5, 0.6) is 0 Å². The number of nitrogens with one attached hydrogen (secondary N) is 1. The first-order valence-corrected chi connectivity index (χ1v) is 12.5. The van der Waals surface area contributed by atoms with E-state index < -0.39 is 6.04 Å². The predicted octanol–water partition coefficient (Wildman–Crippen LogP) is 5.05. The summed E-state index contributed by atoms with van der Waals surface area (Å²) in [7, 11) is 0. The van der Waals surface area contributed by atoms with Gasteiger partial charge in [-0.2, -0.15) is 0 Å². The molecular formula is C29H32FN3O3. The zero-order chi connectivity index (χ0) is 25.8. The molecule has 0 saturated carbocycles. The summed E-state index contributed by atoms with van der Waals surface area (Å²) in [6.07, 6.45) is 1.41. The zero-order valence-electron chi connectivity index (χ0n) is 21.0. The highest BCUT2D eigenvalue weighted by molar-refractivity contribution is 6.25. The Labute approximate surface area is 211 Å². The van der Waals surface area contributed by atoms with Crippen LogP contribution in [-0.2, 0) is 16.1 Å². The lowest BCUT2D eigenvalue weighted by Gasteiger charge is -2.30. The zero-order valence-corrected chi connectivity index (χ0v) is 21.0. The monoisotopic (exact) mass is 489 g/mol. The molecule has 0 radical (unpaired) electrons. The van der Waals surface area contributed by atoms with Gasteiger partial charge in [-0.25, -0.2) is 4.39 Å². The van der Waals surface area contributed by atoms with Crippen molar-refractivity contribution >= 4 is 34.2 Å². The highest BCUT2D eigenvalue weighted by Gasteiger charge is 2.30. The molecule has 3 aromatic carbocycles. The van der Waals surface area contributed by atoms with E-state index in [4.69, 9.17) is 0 Å². The van der Waals surface area contributed by atoms with Crippen molar-refractivity contribution in [3.8, 4) is 0 Å². The second-order valence-corrected chi connectivity index (χ2v) is 9.38. The minimum atomic E-state index is -0.692. The van der Waals surface area contributed by atoms with Gasteiger partial charge in [0.05, 0.1) is 5.69 Å². The van der Waals surface area contributed by atoms with Gasteiger partial charge in [0.25, 0.3) is 5.91 Å². The summed E-state index contributed by atoms with van der Waals surface area (Å²) in [6.45, 7) is 6.20. The molecule has 0 aromatic heterocycles. The molecule has 0 saturated heterocycles. The quantitative estimate of drug-likeness (QED) is 0.433. The van der Waals surface area contributed by atoms with E-state index >= 15 is 0 Å². The van der Waals surface area contributed by atoms with Crippen LogP contribution in [0.25, 0.3) is 10.8 Å². The van der Waals surface area contributed by atoms with Crippen molar-refractivity contribution in [3.05, 3.63) is 77.6 Å². The Morgan fingerprint density at radius 2 is 1.72 bits per heavy atom. The molecule has 4 rings (SSSR count). The Bertz CT molecular complexity index is 1270. The van der Waals surface area contributed by atoms with Crippen molar-refractivity contribution in [2.24, 2.45) is 0 Å². The average molecular weight is 490 g/mol. The Hall–Kier alpha value is -3.74. The van der Waals surface area contributed by atoms with E-state index in [0.717, 1.165) is 28.4 Å². The number of carbonyl (C=O) groups is 3. The third kappa shape index (κ3) is 5.25. The van der Waals surface area contributed by atoms with Crippen LogP contribution in [0.4, 0.5) is 10.1 Å². The van der Waals surface area contributed by atoms with Gasteiger partial charge in [0, 0.05) is 36.5 Å². The molecule has 1 heterocycles. The molecule has 2 atom stereocenters. The molecule has 0 bridgehead atoms. The van der Waals surface area contributed by atoms with Crippen molar-refractivity contribution < 1.29 is 18.8 Å². The number of rotatable bonds is 10. The fourth-order valence-electron chi connectivity index (χ4n) is 4.57. The summed E-state index contributed by atoms with van der Waals surface area (Å²) in [6, 6.07) is 16.8. The summed E-state index contributed by atoms with van der Waals surface area (Å²) in [5.41, 5.74) is 2.29. The molecule has 3 aromatic rings. The number of nitrogens with zero attached hydrogens (tertiary/aromatic N) is 2. The maximum atomic E-state index is 13.4. The first kappa shape index (κ1) is 25.4. The molecule has 36 heavy (non-hydrogen) atoms. The van der Waals surface area contributed by atoms with Gasteiger partial charge >= 0.3 is 0 Å². The highest BCUT2D eigenvalue weighted by Crippen LogP contribution is 2.37. The molecule has 1 N–H and O–H groups in total. The van der Waals surface area contributed by atoms with Crippen LogP contribution in [0.3, 0.4) is 0 Å². The molecule has 1 aliphatic rings. The summed E-state index contributed by atoms with van der Waals surface area (Å²) in [5.74, 6) is -0.825. The van der Waals surface area contributed by atoms with Crippen LogP contribution >= 0.6 is 0 Å². The normalized spacial score (nSPS) is 14.1. The van der Waals surface area contributed by atoms with Gasteiger partial charge in [0.2, 0.25) is 11.8 Å².